The molecule has 2 heterocycles. The summed E-state index contributed by atoms with van der Waals surface area (Å²) in [6.45, 7) is 4.73. The number of nitrogens with zero attached hydrogens (tertiary/aromatic N) is 2. The highest BCUT2D eigenvalue weighted by Gasteiger charge is 2.42. The number of carbonyl (C=O) groups is 2. The topological polar surface area (TPSA) is 52.7 Å². The molecule has 1 spiro atoms. The normalized spacial score (nSPS) is 25.5. The third-order valence-electron chi connectivity index (χ3n) is 5.52. The molecule has 1 aromatic rings. The van der Waals surface area contributed by atoms with Crippen LogP contribution in [0.2, 0.25) is 5.02 Å². The van der Waals surface area contributed by atoms with Gasteiger partial charge in [0.05, 0.1) is 0 Å². The summed E-state index contributed by atoms with van der Waals surface area (Å²) in [6, 6.07) is 5.47. The van der Waals surface area contributed by atoms with Crippen molar-refractivity contribution < 1.29 is 9.59 Å². The molecule has 5 nitrogen and oxygen atoms in total. The predicted octanol–water partition coefficient (Wildman–Crippen LogP) is 2.07. The highest BCUT2D eigenvalue weighted by atomic mass is 35.5. The summed E-state index contributed by atoms with van der Waals surface area (Å²) in [5.41, 5.74) is 1.37. The van der Waals surface area contributed by atoms with Gasteiger partial charge in [-0.05, 0) is 44.5 Å². The maximum Gasteiger partial charge on any atom is 0.254 e. The van der Waals surface area contributed by atoms with Crippen LogP contribution >= 0.6 is 11.6 Å². The van der Waals surface area contributed by atoms with Crippen LogP contribution in [0.5, 0.6) is 0 Å². The molecule has 2 fully saturated rings. The summed E-state index contributed by atoms with van der Waals surface area (Å²) in [7, 11) is 2.10. The van der Waals surface area contributed by atoms with Gasteiger partial charge >= 0.3 is 0 Å². The van der Waals surface area contributed by atoms with Crippen molar-refractivity contribution in [1.29, 1.82) is 0 Å². The van der Waals surface area contributed by atoms with Crippen LogP contribution in [0, 0.1) is 6.92 Å². The summed E-state index contributed by atoms with van der Waals surface area (Å²) >= 11 is 6.18. The largest absolute Gasteiger partial charge is 0.356 e. The zero-order valence-corrected chi connectivity index (χ0v) is 15.0. The molecule has 24 heavy (non-hydrogen) atoms. The van der Waals surface area contributed by atoms with E-state index >= 15 is 0 Å². The average Bonchev–Trinajstić information content (AvgIpc) is 2.75. The Labute approximate surface area is 147 Å². The van der Waals surface area contributed by atoms with Crippen LogP contribution in [0.3, 0.4) is 0 Å². The van der Waals surface area contributed by atoms with E-state index in [1.165, 1.54) is 0 Å². The summed E-state index contributed by atoms with van der Waals surface area (Å²) in [5, 5.41) is 3.56. The number of halogens is 1. The van der Waals surface area contributed by atoms with Gasteiger partial charge in [0.2, 0.25) is 5.91 Å². The second-order valence-electron chi connectivity index (χ2n) is 6.88. The monoisotopic (exact) mass is 349 g/mol. The van der Waals surface area contributed by atoms with Crippen molar-refractivity contribution >= 4 is 23.4 Å². The molecule has 0 aliphatic carbocycles. The number of piperazine rings is 1. The van der Waals surface area contributed by atoms with Crippen molar-refractivity contribution in [2.75, 3.05) is 33.2 Å². The molecule has 130 valence electrons. The first-order valence-corrected chi connectivity index (χ1v) is 8.83. The number of amides is 2. The third-order valence-corrected chi connectivity index (χ3v) is 5.92. The van der Waals surface area contributed by atoms with E-state index in [2.05, 4.69) is 17.3 Å². The van der Waals surface area contributed by atoms with Gasteiger partial charge in [-0.3, -0.25) is 14.5 Å². The van der Waals surface area contributed by atoms with Crippen molar-refractivity contribution in [3.05, 3.63) is 34.3 Å². The minimum atomic E-state index is -0.125. The van der Waals surface area contributed by atoms with Crippen molar-refractivity contribution in [3.8, 4) is 0 Å². The Balaban J connectivity index is 1.83. The average molecular weight is 350 g/mol. The van der Waals surface area contributed by atoms with Gasteiger partial charge in [0, 0.05) is 48.7 Å². The van der Waals surface area contributed by atoms with Crippen molar-refractivity contribution in [1.82, 2.24) is 15.1 Å². The highest BCUT2D eigenvalue weighted by molar-refractivity contribution is 6.31. The second-order valence-corrected chi connectivity index (χ2v) is 7.29. The van der Waals surface area contributed by atoms with Crippen LogP contribution in [0.15, 0.2) is 18.2 Å². The lowest BCUT2D eigenvalue weighted by Crippen LogP contribution is -2.62. The lowest BCUT2D eigenvalue weighted by Gasteiger charge is -2.49. The Morgan fingerprint density at radius 3 is 2.88 bits per heavy atom. The number of nitrogens with one attached hydrogen (secondary N) is 1. The van der Waals surface area contributed by atoms with Crippen LogP contribution < -0.4 is 5.32 Å². The van der Waals surface area contributed by atoms with Crippen LogP contribution in [-0.2, 0) is 4.79 Å². The lowest BCUT2D eigenvalue weighted by molar-refractivity contribution is -0.121. The van der Waals surface area contributed by atoms with E-state index in [-0.39, 0.29) is 17.4 Å². The first kappa shape index (κ1) is 17.2. The number of likely N-dealkylation sites (N-methyl/N-ethyl adjacent to an activating group) is 1. The van der Waals surface area contributed by atoms with E-state index in [9.17, 15) is 9.59 Å². The Hall–Kier alpha value is -1.59. The van der Waals surface area contributed by atoms with Crippen molar-refractivity contribution in [2.24, 2.45) is 0 Å². The van der Waals surface area contributed by atoms with Crippen LogP contribution in [0.4, 0.5) is 0 Å². The number of rotatable bonds is 1. The zero-order chi connectivity index (χ0) is 17.3. The highest BCUT2D eigenvalue weighted by Crippen LogP contribution is 2.31. The Morgan fingerprint density at radius 1 is 1.29 bits per heavy atom. The summed E-state index contributed by atoms with van der Waals surface area (Å²) in [5.74, 6) is 0.139. The molecule has 0 saturated carbocycles. The number of carbonyl (C=O) groups excluding carboxylic acids is 2. The van der Waals surface area contributed by atoms with Gasteiger partial charge in [0.15, 0.2) is 0 Å². The van der Waals surface area contributed by atoms with Crippen LogP contribution in [-0.4, -0.2) is 60.4 Å². The molecule has 1 unspecified atom stereocenters. The van der Waals surface area contributed by atoms with E-state index in [1.807, 2.05) is 30.0 Å². The predicted molar refractivity (Wildman–Crippen MR) is 94.3 cm³/mol. The standard InChI is InChI=1S/C18H24ClN3O2/c1-13-14(4-3-5-15(13)19)17(24)22-11-10-21(2)18(12-22)7-6-16(23)20-9-8-18/h3-5H,6-12H2,1-2H3,(H,20,23). The summed E-state index contributed by atoms with van der Waals surface area (Å²) < 4.78 is 0. The molecule has 2 amide bonds. The molecule has 0 aromatic heterocycles. The maximum absolute atomic E-state index is 13.0. The maximum atomic E-state index is 13.0. The van der Waals surface area contributed by atoms with Crippen molar-refractivity contribution in [3.63, 3.8) is 0 Å². The van der Waals surface area contributed by atoms with E-state index in [0.717, 1.165) is 24.9 Å². The van der Waals surface area contributed by atoms with E-state index in [4.69, 9.17) is 11.6 Å². The van der Waals surface area contributed by atoms with Gasteiger partial charge in [0.25, 0.3) is 5.91 Å². The molecule has 3 rings (SSSR count). The Kier molecular flexibility index (Phi) is 4.83. The molecule has 1 N–H and O–H groups in total. The molecule has 1 atom stereocenters. The van der Waals surface area contributed by atoms with Gasteiger partial charge in [-0.15, -0.1) is 0 Å². The van der Waals surface area contributed by atoms with Crippen molar-refractivity contribution in [2.45, 2.75) is 31.7 Å². The Bertz CT molecular complexity index is 664. The minimum Gasteiger partial charge on any atom is -0.356 e. The zero-order valence-electron chi connectivity index (χ0n) is 14.3. The van der Waals surface area contributed by atoms with Gasteiger partial charge < -0.3 is 10.2 Å². The van der Waals surface area contributed by atoms with Crippen LogP contribution in [0.1, 0.15) is 35.2 Å². The van der Waals surface area contributed by atoms with Gasteiger partial charge in [-0.1, -0.05) is 17.7 Å². The summed E-state index contributed by atoms with van der Waals surface area (Å²) in [4.78, 5) is 29.0. The quantitative estimate of drug-likeness (QED) is 0.844. The number of benzene rings is 1. The Morgan fingerprint density at radius 2 is 2.08 bits per heavy atom. The van der Waals surface area contributed by atoms with E-state index in [1.54, 1.807) is 0 Å². The van der Waals surface area contributed by atoms with Gasteiger partial charge in [-0.2, -0.15) is 0 Å². The van der Waals surface area contributed by atoms with Gasteiger partial charge in [0.1, 0.15) is 0 Å². The molecular formula is C18H24ClN3O2. The summed E-state index contributed by atoms with van der Waals surface area (Å²) in [6.07, 6.45) is 2.17. The molecular weight excluding hydrogens is 326 g/mol. The number of hydrogen-bond donors (Lipinski definition) is 1. The molecule has 2 aliphatic heterocycles. The molecule has 0 radical (unpaired) electrons. The van der Waals surface area contributed by atoms with E-state index < -0.39 is 0 Å². The molecule has 0 bridgehead atoms. The SMILES string of the molecule is Cc1c(Cl)cccc1C(=O)N1CCN(C)C2(CCNC(=O)CC2)C1. The minimum absolute atomic E-state index is 0.0333. The smallest absolute Gasteiger partial charge is 0.254 e. The molecule has 6 heteroatoms. The lowest BCUT2D eigenvalue weighted by atomic mass is 9.86. The third kappa shape index (κ3) is 3.15. The molecule has 1 aromatic carbocycles. The van der Waals surface area contributed by atoms with Crippen LogP contribution in [0.25, 0.3) is 0 Å². The first-order chi connectivity index (χ1) is 11.4. The fourth-order valence-electron chi connectivity index (χ4n) is 3.78. The second kappa shape index (κ2) is 6.73. The first-order valence-electron chi connectivity index (χ1n) is 8.45. The fourth-order valence-corrected chi connectivity index (χ4v) is 3.95. The fraction of sp³-hybridized carbons (Fsp3) is 0.556. The molecule has 2 saturated heterocycles. The van der Waals surface area contributed by atoms with Gasteiger partial charge in [-0.25, -0.2) is 0 Å². The number of hydrogen-bond acceptors (Lipinski definition) is 3. The molecule has 2 aliphatic rings. The van der Waals surface area contributed by atoms with E-state index in [0.29, 0.717) is 36.6 Å².